The van der Waals surface area contributed by atoms with Gasteiger partial charge in [-0.2, -0.15) is 0 Å². The van der Waals surface area contributed by atoms with E-state index in [0.29, 0.717) is 6.04 Å². The van der Waals surface area contributed by atoms with Crippen LogP contribution in [0, 0.1) is 0 Å². The van der Waals surface area contributed by atoms with Gasteiger partial charge in [0.05, 0.1) is 20.8 Å². The van der Waals surface area contributed by atoms with Gasteiger partial charge in [0.2, 0.25) is 0 Å². The van der Waals surface area contributed by atoms with E-state index in [1.807, 2.05) is 24.3 Å². The monoisotopic (exact) mass is 377 g/mol. The molecule has 1 atom stereocenters. The van der Waals surface area contributed by atoms with Gasteiger partial charge in [-0.1, -0.05) is 34.1 Å². The van der Waals surface area contributed by atoms with Gasteiger partial charge in [0.1, 0.15) is 5.75 Å². The highest BCUT2D eigenvalue weighted by Crippen LogP contribution is 2.35. The molecule has 0 aromatic heterocycles. The summed E-state index contributed by atoms with van der Waals surface area (Å²) < 4.78 is 17.4. The molecule has 0 spiro atoms. The second-order valence-electron chi connectivity index (χ2n) is 5.41. The molecule has 1 N–H and O–H groups in total. The topological polar surface area (TPSA) is 39.7 Å². The summed E-state index contributed by atoms with van der Waals surface area (Å²) in [5.41, 5.74) is 2.35. The van der Waals surface area contributed by atoms with E-state index in [2.05, 4.69) is 33.4 Å². The molecule has 23 heavy (non-hydrogen) atoms. The summed E-state index contributed by atoms with van der Waals surface area (Å²) in [6, 6.07) is 12.4. The Balaban J connectivity index is 1.77. The highest BCUT2D eigenvalue weighted by Gasteiger charge is 2.21. The molecule has 0 saturated heterocycles. The molecule has 4 nitrogen and oxygen atoms in total. The Bertz CT molecular complexity index is 690. The number of halogens is 1. The zero-order valence-corrected chi connectivity index (χ0v) is 14.9. The average Bonchev–Trinajstić information content (AvgIpc) is 2.60. The van der Waals surface area contributed by atoms with Gasteiger partial charge in [0, 0.05) is 29.0 Å². The van der Waals surface area contributed by atoms with Crippen LogP contribution in [0.3, 0.4) is 0 Å². The number of hydrogen-bond donors (Lipinski definition) is 1. The second-order valence-corrected chi connectivity index (χ2v) is 6.26. The number of rotatable bonds is 5. The third-order valence-corrected chi connectivity index (χ3v) is 4.79. The summed E-state index contributed by atoms with van der Waals surface area (Å²) in [4.78, 5) is 0. The molecule has 1 aliphatic heterocycles. The lowest BCUT2D eigenvalue weighted by Gasteiger charge is -2.27. The third-order valence-electron chi connectivity index (χ3n) is 4.05. The Morgan fingerprint density at radius 3 is 2.70 bits per heavy atom. The van der Waals surface area contributed by atoms with Crippen LogP contribution in [0.2, 0.25) is 0 Å². The highest BCUT2D eigenvalue weighted by molar-refractivity contribution is 9.10. The third kappa shape index (κ3) is 3.46. The van der Waals surface area contributed by atoms with Crippen molar-refractivity contribution in [3.63, 3.8) is 0 Å². The largest absolute Gasteiger partial charge is 0.493 e. The molecule has 5 heteroatoms. The molecule has 0 radical (unpaired) electrons. The van der Waals surface area contributed by atoms with Crippen LogP contribution in [0.4, 0.5) is 0 Å². The van der Waals surface area contributed by atoms with Crippen molar-refractivity contribution in [2.24, 2.45) is 0 Å². The van der Waals surface area contributed by atoms with E-state index < -0.39 is 0 Å². The van der Waals surface area contributed by atoms with Crippen LogP contribution in [0.1, 0.15) is 23.6 Å². The molecule has 0 unspecified atom stereocenters. The number of hydrogen-bond acceptors (Lipinski definition) is 4. The standard InChI is InChI=1S/C18H20BrNO3/c1-21-17-9-12(14(19)10-18(17)22-2)11-20-15-7-8-23-16-6-4-3-5-13(15)16/h3-6,9-10,15,20H,7-8,11H2,1-2H3/t15-/m1/s1. The number of para-hydroxylation sites is 1. The molecule has 0 aliphatic carbocycles. The van der Waals surface area contributed by atoms with Gasteiger partial charge < -0.3 is 19.5 Å². The van der Waals surface area contributed by atoms with Crippen LogP contribution in [0.15, 0.2) is 40.9 Å². The molecule has 0 saturated carbocycles. The van der Waals surface area contributed by atoms with E-state index >= 15 is 0 Å². The lowest BCUT2D eigenvalue weighted by Crippen LogP contribution is -2.26. The van der Waals surface area contributed by atoms with Crippen LogP contribution in [-0.4, -0.2) is 20.8 Å². The molecule has 1 heterocycles. The van der Waals surface area contributed by atoms with Crippen LogP contribution >= 0.6 is 15.9 Å². The zero-order chi connectivity index (χ0) is 16.2. The van der Waals surface area contributed by atoms with Crippen LogP contribution in [0.25, 0.3) is 0 Å². The lowest BCUT2D eigenvalue weighted by molar-refractivity contribution is 0.252. The number of fused-ring (bicyclic) bond motifs is 1. The van der Waals surface area contributed by atoms with Crippen molar-refractivity contribution in [2.75, 3.05) is 20.8 Å². The number of methoxy groups -OCH3 is 2. The predicted octanol–water partition coefficient (Wildman–Crippen LogP) is 4.08. The van der Waals surface area contributed by atoms with Crippen molar-refractivity contribution in [3.05, 3.63) is 52.0 Å². The molecule has 0 fully saturated rings. The molecule has 2 aromatic carbocycles. The summed E-state index contributed by atoms with van der Waals surface area (Å²) in [7, 11) is 3.29. The maximum atomic E-state index is 5.71. The minimum absolute atomic E-state index is 0.292. The van der Waals surface area contributed by atoms with Gasteiger partial charge in [-0.15, -0.1) is 0 Å². The Labute approximate surface area is 144 Å². The lowest BCUT2D eigenvalue weighted by atomic mass is 10.0. The summed E-state index contributed by atoms with van der Waals surface area (Å²) in [5, 5.41) is 3.62. The van der Waals surface area contributed by atoms with Crippen molar-refractivity contribution in [3.8, 4) is 17.2 Å². The normalized spacial score (nSPS) is 16.4. The summed E-state index contributed by atoms with van der Waals surface area (Å²) in [5.74, 6) is 2.43. The average molecular weight is 378 g/mol. The first kappa shape index (κ1) is 16.1. The summed E-state index contributed by atoms with van der Waals surface area (Å²) in [6.45, 7) is 1.47. The fourth-order valence-electron chi connectivity index (χ4n) is 2.82. The zero-order valence-electron chi connectivity index (χ0n) is 13.3. The maximum Gasteiger partial charge on any atom is 0.161 e. The molecular weight excluding hydrogens is 358 g/mol. The molecule has 122 valence electrons. The van der Waals surface area contributed by atoms with Gasteiger partial charge in [-0.25, -0.2) is 0 Å². The quantitative estimate of drug-likeness (QED) is 0.851. The van der Waals surface area contributed by atoms with Gasteiger partial charge in [-0.3, -0.25) is 0 Å². The van der Waals surface area contributed by atoms with Crippen molar-refractivity contribution in [1.29, 1.82) is 0 Å². The molecule has 3 rings (SSSR count). The van der Waals surface area contributed by atoms with Crippen molar-refractivity contribution in [2.45, 2.75) is 19.0 Å². The highest BCUT2D eigenvalue weighted by atomic mass is 79.9. The minimum atomic E-state index is 0.292. The number of ether oxygens (including phenoxy) is 3. The number of nitrogens with one attached hydrogen (secondary N) is 1. The fourth-order valence-corrected chi connectivity index (χ4v) is 3.28. The van der Waals surface area contributed by atoms with E-state index in [0.717, 1.165) is 46.9 Å². The maximum absolute atomic E-state index is 5.71. The minimum Gasteiger partial charge on any atom is -0.493 e. The molecular formula is C18H20BrNO3. The van der Waals surface area contributed by atoms with Crippen molar-refractivity contribution < 1.29 is 14.2 Å². The van der Waals surface area contributed by atoms with E-state index in [4.69, 9.17) is 14.2 Å². The first-order chi connectivity index (χ1) is 11.2. The van der Waals surface area contributed by atoms with E-state index in [9.17, 15) is 0 Å². The first-order valence-electron chi connectivity index (χ1n) is 7.58. The molecule has 0 bridgehead atoms. The van der Waals surface area contributed by atoms with Crippen LogP contribution < -0.4 is 19.5 Å². The Morgan fingerprint density at radius 1 is 1.17 bits per heavy atom. The van der Waals surface area contributed by atoms with Gasteiger partial charge in [-0.05, 0) is 23.8 Å². The van der Waals surface area contributed by atoms with Gasteiger partial charge in [0.25, 0.3) is 0 Å². The van der Waals surface area contributed by atoms with Crippen LogP contribution in [-0.2, 0) is 6.54 Å². The van der Waals surface area contributed by atoms with Crippen LogP contribution in [0.5, 0.6) is 17.2 Å². The first-order valence-corrected chi connectivity index (χ1v) is 8.37. The molecule has 0 amide bonds. The number of benzene rings is 2. The van der Waals surface area contributed by atoms with Crippen molar-refractivity contribution >= 4 is 15.9 Å². The van der Waals surface area contributed by atoms with E-state index in [1.165, 1.54) is 5.56 Å². The van der Waals surface area contributed by atoms with Crippen molar-refractivity contribution in [1.82, 2.24) is 5.32 Å². The Kier molecular flexibility index (Phi) is 5.08. The Hall–Kier alpha value is -1.72. The van der Waals surface area contributed by atoms with E-state index in [-0.39, 0.29) is 0 Å². The summed E-state index contributed by atoms with van der Waals surface area (Å²) >= 11 is 3.61. The fraction of sp³-hybridized carbons (Fsp3) is 0.333. The SMILES string of the molecule is COc1cc(Br)c(CN[C@@H]2CCOc3ccccc32)cc1OC. The predicted molar refractivity (Wildman–Crippen MR) is 93.4 cm³/mol. The van der Waals surface area contributed by atoms with Gasteiger partial charge in [0.15, 0.2) is 11.5 Å². The smallest absolute Gasteiger partial charge is 0.161 e. The van der Waals surface area contributed by atoms with Gasteiger partial charge >= 0.3 is 0 Å². The molecule has 2 aromatic rings. The van der Waals surface area contributed by atoms with E-state index in [1.54, 1.807) is 14.2 Å². The summed E-state index contributed by atoms with van der Waals surface area (Å²) in [6.07, 6.45) is 0.960. The second kappa shape index (κ2) is 7.23. The Morgan fingerprint density at radius 2 is 1.91 bits per heavy atom. The molecule has 1 aliphatic rings.